The van der Waals surface area contributed by atoms with E-state index in [1.54, 1.807) is 0 Å². The van der Waals surface area contributed by atoms with Gasteiger partial charge >= 0.3 is 0 Å². The third kappa shape index (κ3) is 4.29. The summed E-state index contributed by atoms with van der Waals surface area (Å²) >= 11 is 0. The van der Waals surface area contributed by atoms with Crippen molar-refractivity contribution in [3.63, 3.8) is 0 Å². The summed E-state index contributed by atoms with van der Waals surface area (Å²) in [5.74, 6) is 2.09. The standard InChI is InChI=1S/C20H34N6/c1-2-16-14-19(24-20(23-16)26-10-3-4-11-26)25-12-7-17(8-13-25)22-18-6-5-9-21-15-18/h14,17-18,21-22H,2-13,15H2,1H3/t18-/m1/s1. The highest BCUT2D eigenvalue weighted by atomic mass is 15.3. The fourth-order valence-electron chi connectivity index (χ4n) is 4.47. The van der Waals surface area contributed by atoms with E-state index in [0.29, 0.717) is 12.1 Å². The Balaban J connectivity index is 1.38. The average molecular weight is 359 g/mol. The van der Waals surface area contributed by atoms with E-state index in [1.807, 2.05) is 0 Å². The van der Waals surface area contributed by atoms with Crippen LogP contribution in [0.4, 0.5) is 11.8 Å². The number of piperidine rings is 2. The molecule has 1 atom stereocenters. The fourth-order valence-corrected chi connectivity index (χ4v) is 4.47. The Morgan fingerprint density at radius 1 is 1.00 bits per heavy atom. The quantitative estimate of drug-likeness (QED) is 0.839. The molecule has 2 N–H and O–H groups in total. The molecule has 144 valence electrons. The van der Waals surface area contributed by atoms with Gasteiger partial charge in [0.1, 0.15) is 5.82 Å². The van der Waals surface area contributed by atoms with Gasteiger partial charge < -0.3 is 20.4 Å². The summed E-state index contributed by atoms with van der Waals surface area (Å²) in [6, 6.07) is 3.52. The molecule has 0 radical (unpaired) electrons. The first-order valence-electron chi connectivity index (χ1n) is 10.7. The molecule has 1 aromatic heterocycles. The minimum Gasteiger partial charge on any atom is -0.356 e. The van der Waals surface area contributed by atoms with Crippen molar-refractivity contribution in [1.82, 2.24) is 20.6 Å². The number of nitrogens with one attached hydrogen (secondary N) is 2. The van der Waals surface area contributed by atoms with Crippen molar-refractivity contribution in [2.75, 3.05) is 49.1 Å². The summed E-state index contributed by atoms with van der Waals surface area (Å²) in [6.07, 6.45) is 8.55. The van der Waals surface area contributed by atoms with E-state index in [0.717, 1.165) is 50.9 Å². The Bertz CT molecular complexity index is 572. The largest absolute Gasteiger partial charge is 0.356 e. The van der Waals surface area contributed by atoms with E-state index in [1.165, 1.54) is 50.8 Å². The van der Waals surface area contributed by atoms with E-state index in [-0.39, 0.29) is 0 Å². The monoisotopic (exact) mass is 358 g/mol. The first-order valence-corrected chi connectivity index (χ1v) is 10.7. The summed E-state index contributed by atoms with van der Waals surface area (Å²) in [5, 5.41) is 7.39. The maximum Gasteiger partial charge on any atom is 0.227 e. The van der Waals surface area contributed by atoms with Crippen molar-refractivity contribution in [2.24, 2.45) is 0 Å². The Labute approximate surface area is 157 Å². The van der Waals surface area contributed by atoms with Gasteiger partial charge in [-0.05, 0) is 51.5 Å². The van der Waals surface area contributed by atoms with Crippen LogP contribution in [0.25, 0.3) is 0 Å². The molecule has 0 aromatic carbocycles. The lowest BCUT2D eigenvalue weighted by molar-refractivity contribution is 0.318. The lowest BCUT2D eigenvalue weighted by atomic mass is 10.0. The molecule has 0 bridgehead atoms. The molecular weight excluding hydrogens is 324 g/mol. The van der Waals surface area contributed by atoms with Crippen LogP contribution in [-0.4, -0.2) is 61.3 Å². The fraction of sp³-hybridized carbons (Fsp3) is 0.800. The van der Waals surface area contributed by atoms with Gasteiger partial charge in [-0.1, -0.05) is 6.92 Å². The Morgan fingerprint density at radius 2 is 1.81 bits per heavy atom. The summed E-state index contributed by atoms with van der Waals surface area (Å²) in [6.45, 7) is 8.90. The van der Waals surface area contributed by atoms with Crippen LogP contribution < -0.4 is 20.4 Å². The highest BCUT2D eigenvalue weighted by Crippen LogP contribution is 2.24. The van der Waals surface area contributed by atoms with E-state index >= 15 is 0 Å². The van der Waals surface area contributed by atoms with Crippen LogP contribution >= 0.6 is 0 Å². The van der Waals surface area contributed by atoms with Crippen molar-refractivity contribution in [3.05, 3.63) is 11.8 Å². The van der Waals surface area contributed by atoms with Crippen LogP contribution in [0.15, 0.2) is 6.07 Å². The van der Waals surface area contributed by atoms with Gasteiger partial charge in [-0.3, -0.25) is 0 Å². The molecule has 0 spiro atoms. The second-order valence-corrected chi connectivity index (χ2v) is 8.04. The normalized spacial score (nSPS) is 25.0. The summed E-state index contributed by atoms with van der Waals surface area (Å²) in [7, 11) is 0. The van der Waals surface area contributed by atoms with Gasteiger partial charge in [0, 0.05) is 56.6 Å². The van der Waals surface area contributed by atoms with Crippen LogP contribution in [-0.2, 0) is 6.42 Å². The predicted octanol–water partition coefficient (Wildman–Crippen LogP) is 1.95. The van der Waals surface area contributed by atoms with Gasteiger partial charge in [-0.2, -0.15) is 4.98 Å². The number of hydrogen-bond donors (Lipinski definition) is 2. The molecule has 4 heterocycles. The highest BCUT2D eigenvalue weighted by Gasteiger charge is 2.24. The second-order valence-electron chi connectivity index (χ2n) is 8.04. The number of anilines is 2. The average Bonchev–Trinajstić information content (AvgIpc) is 3.24. The minimum atomic E-state index is 0.654. The van der Waals surface area contributed by atoms with Crippen LogP contribution in [0.5, 0.6) is 0 Å². The molecule has 6 nitrogen and oxygen atoms in total. The van der Waals surface area contributed by atoms with Crippen molar-refractivity contribution in [1.29, 1.82) is 0 Å². The van der Waals surface area contributed by atoms with Gasteiger partial charge in [0.15, 0.2) is 0 Å². The molecule has 0 unspecified atom stereocenters. The second kappa shape index (κ2) is 8.53. The SMILES string of the molecule is CCc1cc(N2CCC(N[C@@H]3CCCNC3)CC2)nc(N2CCCC2)n1. The maximum absolute atomic E-state index is 4.94. The van der Waals surface area contributed by atoms with Gasteiger partial charge in [0.25, 0.3) is 0 Å². The molecule has 6 heteroatoms. The van der Waals surface area contributed by atoms with E-state index in [2.05, 4.69) is 33.4 Å². The van der Waals surface area contributed by atoms with Crippen LogP contribution in [0, 0.1) is 0 Å². The molecule has 26 heavy (non-hydrogen) atoms. The van der Waals surface area contributed by atoms with E-state index in [4.69, 9.17) is 9.97 Å². The Hall–Kier alpha value is -1.40. The van der Waals surface area contributed by atoms with Gasteiger partial charge in [-0.25, -0.2) is 4.98 Å². The smallest absolute Gasteiger partial charge is 0.227 e. The van der Waals surface area contributed by atoms with Gasteiger partial charge in [-0.15, -0.1) is 0 Å². The number of hydrogen-bond acceptors (Lipinski definition) is 6. The predicted molar refractivity (Wildman–Crippen MR) is 107 cm³/mol. The minimum absolute atomic E-state index is 0.654. The molecule has 0 amide bonds. The van der Waals surface area contributed by atoms with Crippen molar-refractivity contribution < 1.29 is 0 Å². The molecule has 3 fully saturated rings. The van der Waals surface area contributed by atoms with Crippen LogP contribution in [0.1, 0.15) is 51.1 Å². The maximum atomic E-state index is 4.94. The lowest BCUT2D eigenvalue weighted by Crippen LogP contribution is -2.51. The third-order valence-electron chi connectivity index (χ3n) is 6.09. The van der Waals surface area contributed by atoms with Crippen molar-refractivity contribution >= 4 is 11.8 Å². The molecule has 3 aliphatic heterocycles. The zero-order chi connectivity index (χ0) is 17.8. The summed E-state index contributed by atoms with van der Waals surface area (Å²) in [4.78, 5) is 14.6. The zero-order valence-electron chi connectivity index (χ0n) is 16.2. The molecule has 3 saturated heterocycles. The van der Waals surface area contributed by atoms with Gasteiger partial charge in [0.05, 0.1) is 0 Å². The Kier molecular flexibility index (Phi) is 5.90. The first kappa shape index (κ1) is 18.0. The van der Waals surface area contributed by atoms with Crippen molar-refractivity contribution in [3.8, 4) is 0 Å². The molecule has 1 aromatic rings. The number of rotatable bonds is 5. The molecule has 0 aliphatic carbocycles. The molecule has 4 rings (SSSR count). The van der Waals surface area contributed by atoms with Crippen LogP contribution in [0.3, 0.4) is 0 Å². The first-order chi connectivity index (χ1) is 12.8. The number of aryl methyl sites for hydroxylation is 1. The van der Waals surface area contributed by atoms with Crippen LogP contribution in [0.2, 0.25) is 0 Å². The van der Waals surface area contributed by atoms with E-state index in [9.17, 15) is 0 Å². The molecule has 0 saturated carbocycles. The molecular formula is C20H34N6. The van der Waals surface area contributed by atoms with Crippen molar-refractivity contribution in [2.45, 2.75) is 64.0 Å². The third-order valence-corrected chi connectivity index (χ3v) is 6.09. The topological polar surface area (TPSA) is 56.3 Å². The summed E-state index contributed by atoms with van der Waals surface area (Å²) in [5.41, 5.74) is 1.17. The lowest BCUT2D eigenvalue weighted by Gasteiger charge is -2.36. The highest BCUT2D eigenvalue weighted by molar-refractivity contribution is 5.47. The number of aromatic nitrogens is 2. The Morgan fingerprint density at radius 3 is 2.50 bits per heavy atom. The van der Waals surface area contributed by atoms with Gasteiger partial charge in [0.2, 0.25) is 5.95 Å². The number of nitrogens with zero attached hydrogens (tertiary/aromatic N) is 4. The summed E-state index contributed by atoms with van der Waals surface area (Å²) < 4.78 is 0. The molecule has 3 aliphatic rings. The van der Waals surface area contributed by atoms with E-state index < -0.39 is 0 Å². The zero-order valence-corrected chi connectivity index (χ0v) is 16.2.